The molecule has 5 nitrogen and oxygen atoms in total. The standard InChI is InChI=1S/C11H14F3NO4S/c1-2-19-5-6-20(17,18)15-9-7-8(11(12,13)14)3-4-10(9)16/h3-4,7,15-16H,2,5-6H2,1H3. The van der Waals surface area contributed by atoms with E-state index in [-0.39, 0.29) is 6.61 Å². The van der Waals surface area contributed by atoms with E-state index in [0.29, 0.717) is 18.7 Å². The van der Waals surface area contributed by atoms with Crippen molar-refractivity contribution in [1.29, 1.82) is 0 Å². The third-order valence-electron chi connectivity index (χ3n) is 2.29. The highest BCUT2D eigenvalue weighted by Gasteiger charge is 2.31. The maximum Gasteiger partial charge on any atom is 0.416 e. The molecule has 0 saturated carbocycles. The van der Waals surface area contributed by atoms with Crippen LogP contribution in [0.1, 0.15) is 12.5 Å². The molecule has 0 spiro atoms. The van der Waals surface area contributed by atoms with Gasteiger partial charge in [-0.2, -0.15) is 13.2 Å². The number of aromatic hydroxyl groups is 1. The van der Waals surface area contributed by atoms with Gasteiger partial charge in [-0.15, -0.1) is 0 Å². The Morgan fingerprint density at radius 3 is 2.55 bits per heavy atom. The molecule has 0 aliphatic carbocycles. The Bertz CT molecular complexity index is 557. The molecular formula is C11H14F3NO4S. The minimum atomic E-state index is -4.63. The van der Waals surface area contributed by atoms with Gasteiger partial charge in [-0.1, -0.05) is 0 Å². The summed E-state index contributed by atoms with van der Waals surface area (Å²) < 4.78 is 67.5. The van der Waals surface area contributed by atoms with Gasteiger partial charge in [0.05, 0.1) is 23.6 Å². The topological polar surface area (TPSA) is 75.6 Å². The Labute approximate surface area is 114 Å². The third-order valence-corrected chi connectivity index (χ3v) is 3.52. The van der Waals surface area contributed by atoms with Gasteiger partial charge in [0.2, 0.25) is 10.0 Å². The number of rotatable bonds is 6. The molecule has 0 amide bonds. The number of anilines is 1. The average molecular weight is 313 g/mol. The van der Waals surface area contributed by atoms with Crippen molar-refractivity contribution in [3.05, 3.63) is 23.8 Å². The summed E-state index contributed by atoms with van der Waals surface area (Å²) in [6.45, 7) is 1.91. The highest BCUT2D eigenvalue weighted by Crippen LogP contribution is 2.34. The minimum Gasteiger partial charge on any atom is -0.506 e. The quantitative estimate of drug-likeness (QED) is 0.623. The molecule has 0 fully saturated rings. The first-order chi connectivity index (χ1) is 9.15. The zero-order chi connectivity index (χ0) is 15.4. The van der Waals surface area contributed by atoms with Crippen molar-refractivity contribution in [2.24, 2.45) is 0 Å². The van der Waals surface area contributed by atoms with Crippen LogP contribution in [0, 0.1) is 0 Å². The van der Waals surface area contributed by atoms with E-state index in [9.17, 15) is 26.7 Å². The van der Waals surface area contributed by atoms with E-state index >= 15 is 0 Å². The largest absolute Gasteiger partial charge is 0.506 e. The van der Waals surface area contributed by atoms with E-state index < -0.39 is 39.0 Å². The number of nitrogens with one attached hydrogen (secondary N) is 1. The Kier molecular flexibility index (Phi) is 5.23. The molecule has 0 radical (unpaired) electrons. The summed E-state index contributed by atoms with van der Waals surface area (Å²) in [6.07, 6.45) is -4.63. The van der Waals surface area contributed by atoms with Crippen LogP contribution in [0.15, 0.2) is 18.2 Å². The SMILES string of the molecule is CCOCCS(=O)(=O)Nc1cc(C(F)(F)F)ccc1O. The van der Waals surface area contributed by atoms with Crippen LogP contribution < -0.4 is 4.72 Å². The van der Waals surface area contributed by atoms with Crippen LogP contribution in [0.5, 0.6) is 5.75 Å². The van der Waals surface area contributed by atoms with Gasteiger partial charge in [0.1, 0.15) is 5.75 Å². The Morgan fingerprint density at radius 1 is 1.35 bits per heavy atom. The highest BCUT2D eigenvalue weighted by molar-refractivity contribution is 7.92. The molecule has 0 heterocycles. The van der Waals surface area contributed by atoms with E-state index in [1.807, 2.05) is 4.72 Å². The molecule has 114 valence electrons. The molecule has 1 rings (SSSR count). The van der Waals surface area contributed by atoms with Crippen LogP contribution in [0.25, 0.3) is 0 Å². The van der Waals surface area contributed by atoms with Crippen molar-refractivity contribution in [2.45, 2.75) is 13.1 Å². The van der Waals surface area contributed by atoms with Crippen LogP contribution in [-0.2, 0) is 20.9 Å². The number of hydrogen-bond donors (Lipinski definition) is 2. The molecular weight excluding hydrogens is 299 g/mol. The first-order valence-corrected chi connectivity index (χ1v) is 7.29. The van der Waals surface area contributed by atoms with Crippen molar-refractivity contribution in [3.8, 4) is 5.75 Å². The van der Waals surface area contributed by atoms with E-state index in [1.165, 1.54) is 0 Å². The maximum absolute atomic E-state index is 12.5. The minimum absolute atomic E-state index is 0.0917. The number of sulfonamides is 1. The number of ether oxygens (including phenoxy) is 1. The molecule has 0 aliphatic heterocycles. The molecule has 0 aromatic heterocycles. The number of alkyl halides is 3. The highest BCUT2D eigenvalue weighted by atomic mass is 32.2. The van der Waals surface area contributed by atoms with Gasteiger partial charge >= 0.3 is 6.18 Å². The average Bonchev–Trinajstić information content (AvgIpc) is 2.30. The fourth-order valence-corrected chi connectivity index (χ4v) is 2.26. The molecule has 1 aromatic rings. The van der Waals surface area contributed by atoms with Crippen molar-refractivity contribution < 1.29 is 31.4 Å². The van der Waals surface area contributed by atoms with Crippen molar-refractivity contribution >= 4 is 15.7 Å². The van der Waals surface area contributed by atoms with Gasteiger partial charge in [-0.3, -0.25) is 4.72 Å². The van der Waals surface area contributed by atoms with E-state index in [0.717, 1.165) is 6.07 Å². The van der Waals surface area contributed by atoms with Gasteiger partial charge in [0.25, 0.3) is 0 Å². The molecule has 0 saturated heterocycles. The third kappa shape index (κ3) is 4.89. The van der Waals surface area contributed by atoms with E-state index in [1.54, 1.807) is 6.92 Å². The van der Waals surface area contributed by atoms with Gasteiger partial charge in [-0.25, -0.2) is 8.42 Å². The van der Waals surface area contributed by atoms with Crippen molar-refractivity contribution in [3.63, 3.8) is 0 Å². The molecule has 20 heavy (non-hydrogen) atoms. The molecule has 0 bridgehead atoms. The fraction of sp³-hybridized carbons (Fsp3) is 0.455. The lowest BCUT2D eigenvalue weighted by atomic mass is 10.2. The lowest BCUT2D eigenvalue weighted by Crippen LogP contribution is -2.20. The Balaban J connectivity index is 2.91. The molecule has 1 aromatic carbocycles. The lowest BCUT2D eigenvalue weighted by Gasteiger charge is -2.12. The second-order valence-electron chi connectivity index (χ2n) is 3.85. The van der Waals surface area contributed by atoms with Crippen molar-refractivity contribution in [1.82, 2.24) is 0 Å². The summed E-state index contributed by atoms with van der Waals surface area (Å²) in [4.78, 5) is 0. The number of halogens is 3. The van der Waals surface area contributed by atoms with Gasteiger partial charge in [0, 0.05) is 6.61 Å². The predicted molar refractivity (Wildman–Crippen MR) is 67.0 cm³/mol. The zero-order valence-electron chi connectivity index (χ0n) is 10.6. The maximum atomic E-state index is 12.5. The second kappa shape index (κ2) is 6.31. The summed E-state index contributed by atoms with van der Waals surface area (Å²) in [5.41, 5.74) is -1.57. The van der Waals surface area contributed by atoms with Crippen LogP contribution in [0.4, 0.5) is 18.9 Å². The predicted octanol–water partition coefficient (Wildman–Crippen LogP) is 2.19. The normalized spacial score (nSPS) is 12.4. The first kappa shape index (κ1) is 16.6. The van der Waals surface area contributed by atoms with Crippen LogP contribution >= 0.6 is 0 Å². The smallest absolute Gasteiger partial charge is 0.416 e. The molecule has 2 N–H and O–H groups in total. The first-order valence-electron chi connectivity index (χ1n) is 5.64. The zero-order valence-corrected chi connectivity index (χ0v) is 11.4. The second-order valence-corrected chi connectivity index (χ2v) is 5.69. The number of phenolic OH excluding ortho intramolecular Hbond substituents is 1. The van der Waals surface area contributed by atoms with Crippen LogP contribution in [-0.4, -0.2) is 32.5 Å². The summed E-state index contributed by atoms with van der Waals surface area (Å²) >= 11 is 0. The van der Waals surface area contributed by atoms with Gasteiger partial charge in [-0.05, 0) is 25.1 Å². The Morgan fingerprint density at radius 2 is 2.00 bits per heavy atom. The summed E-state index contributed by atoms with van der Waals surface area (Å²) in [7, 11) is -3.89. The van der Waals surface area contributed by atoms with E-state index in [4.69, 9.17) is 4.74 Å². The van der Waals surface area contributed by atoms with Crippen LogP contribution in [0.2, 0.25) is 0 Å². The van der Waals surface area contributed by atoms with Gasteiger partial charge in [0.15, 0.2) is 0 Å². The Hall–Kier alpha value is -1.48. The van der Waals surface area contributed by atoms with Gasteiger partial charge < -0.3 is 9.84 Å². The summed E-state index contributed by atoms with van der Waals surface area (Å²) in [6, 6.07) is 1.98. The van der Waals surface area contributed by atoms with Crippen LogP contribution in [0.3, 0.4) is 0 Å². The molecule has 0 aliphatic rings. The summed E-state index contributed by atoms with van der Waals surface area (Å²) in [5.74, 6) is -1.01. The molecule has 9 heteroatoms. The lowest BCUT2D eigenvalue weighted by molar-refractivity contribution is -0.137. The van der Waals surface area contributed by atoms with E-state index in [2.05, 4.69) is 0 Å². The number of hydrogen-bond acceptors (Lipinski definition) is 4. The summed E-state index contributed by atoms with van der Waals surface area (Å²) in [5, 5.41) is 9.41. The number of phenols is 1. The van der Waals surface area contributed by atoms with Crippen molar-refractivity contribution in [2.75, 3.05) is 23.7 Å². The number of benzene rings is 1. The molecule has 0 atom stereocenters. The molecule has 0 unspecified atom stereocenters. The fourth-order valence-electron chi connectivity index (χ4n) is 1.33. The monoisotopic (exact) mass is 313 g/mol.